The van der Waals surface area contributed by atoms with Gasteiger partial charge in [0.1, 0.15) is 17.5 Å². The quantitative estimate of drug-likeness (QED) is 0.415. The minimum atomic E-state index is -0.408. The fourth-order valence-electron chi connectivity index (χ4n) is 2.78. The van der Waals surface area contributed by atoms with Crippen molar-refractivity contribution in [1.29, 1.82) is 0 Å². The Morgan fingerprint density at radius 1 is 1.33 bits per heavy atom. The first-order chi connectivity index (χ1) is 13.1. The lowest BCUT2D eigenvalue weighted by Crippen LogP contribution is -2.41. The SMILES string of the molecule is CCOc1ccc(C2CC(C(=O)N/N=C/c3cc(Br)ccc3O)NN2)cc1. The van der Waals surface area contributed by atoms with E-state index in [0.717, 1.165) is 15.8 Å². The molecule has 7 nitrogen and oxygen atoms in total. The molecule has 1 heterocycles. The highest BCUT2D eigenvalue weighted by Gasteiger charge is 2.30. The summed E-state index contributed by atoms with van der Waals surface area (Å²) in [5.74, 6) is 0.667. The Morgan fingerprint density at radius 2 is 2.11 bits per heavy atom. The minimum absolute atomic E-state index is 0.0227. The van der Waals surface area contributed by atoms with Crippen LogP contribution in [0.2, 0.25) is 0 Å². The van der Waals surface area contributed by atoms with Crippen LogP contribution in [0.15, 0.2) is 52.0 Å². The Hall–Kier alpha value is -2.42. The van der Waals surface area contributed by atoms with Crippen molar-refractivity contribution in [3.8, 4) is 11.5 Å². The van der Waals surface area contributed by atoms with E-state index in [1.54, 1.807) is 18.2 Å². The predicted octanol–water partition coefficient (Wildman–Crippen LogP) is 2.61. The molecule has 1 saturated heterocycles. The molecule has 0 spiro atoms. The maximum absolute atomic E-state index is 12.3. The van der Waals surface area contributed by atoms with E-state index in [1.807, 2.05) is 31.2 Å². The number of hydrogen-bond donors (Lipinski definition) is 4. The monoisotopic (exact) mass is 432 g/mol. The Balaban J connectivity index is 1.54. The Morgan fingerprint density at radius 3 is 2.85 bits per heavy atom. The van der Waals surface area contributed by atoms with Gasteiger partial charge in [0, 0.05) is 16.1 Å². The highest BCUT2D eigenvalue weighted by Crippen LogP contribution is 2.24. The van der Waals surface area contributed by atoms with Gasteiger partial charge in [-0.05, 0) is 49.2 Å². The normalized spacial score (nSPS) is 19.3. The fourth-order valence-corrected chi connectivity index (χ4v) is 3.16. The third kappa shape index (κ3) is 5.06. The first-order valence-electron chi connectivity index (χ1n) is 8.62. The molecule has 0 bridgehead atoms. The van der Waals surface area contributed by atoms with Gasteiger partial charge in [-0.3, -0.25) is 4.79 Å². The molecule has 1 aliphatic heterocycles. The number of aromatic hydroxyl groups is 1. The largest absolute Gasteiger partial charge is 0.507 e. The maximum atomic E-state index is 12.3. The van der Waals surface area contributed by atoms with Crippen LogP contribution in [0.4, 0.5) is 0 Å². The van der Waals surface area contributed by atoms with Crippen LogP contribution >= 0.6 is 15.9 Å². The van der Waals surface area contributed by atoms with Crippen LogP contribution in [-0.2, 0) is 4.79 Å². The Labute approximate surface area is 165 Å². The zero-order valence-corrected chi connectivity index (χ0v) is 16.4. The number of hydrazone groups is 1. The summed E-state index contributed by atoms with van der Waals surface area (Å²) in [7, 11) is 0. The summed E-state index contributed by atoms with van der Waals surface area (Å²) < 4.78 is 6.26. The van der Waals surface area contributed by atoms with Crippen LogP contribution in [-0.4, -0.2) is 29.9 Å². The van der Waals surface area contributed by atoms with Gasteiger partial charge in [0.25, 0.3) is 5.91 Å². The van der Waals surface area contributed by atoms with Crippen molar-refractivity contribution in [2.45, 2.75) is 25.4 Å². The molecule has 2 aromatic rings. The summed E-state index contributed by atoms with van der Waals surface area (Å²) in [5, 5.41) is 13.7. The molecule has 0 aromatic heterocycles. The molecule has 3 rings (SSSR count). The van der Waals surface area contributed by atoms with Gasteiger partial charge in [-0.25, -0.2) is 16.3 Å². The number of nitrogens with zero attached hydrogens (tertiary/aromatic N) is 1. The lowest BCUT2D eigenvalue weighted by molar-refractivity contribution is -0.122. The number of rotatable bonds is 6. The lowest BCUT2D eigenvalue weighted by Gasteiger charge is -2.10. The van der Waals surface area contributed by atoms with E-state index >= 15 is 0 Å². The van der Waals surface area contributed by atoms with Gasteiger partial charge in [0.2, 0.25) is 0 Å². The second-order valence-electron chi connectivity index (χ2n) is 6.07. The maximum Gasteiger partial charge on any atom is 0.258 e. The van der Waals surface area contributed by atoms with Gasteiger partial charge >= 0.3 is 0 Å². The van der Waals surface area contributed by atoms with Gasteiger partial charge in [0.05, 0.1) is 12.8 Å². The lowest BCUT2D eigenvalue weighted by atomic mass is 10.0. The smallest absolute Gasteiger partial charge is 0.258 e. The summed E-state index contributed by atoms with van der Waals surface area (Å²) in [5.41, 5.74) is 10.2. The van der Waals surface area contributed by atoms with Crippen molar-refractivity contribution in [3.63, 3.8) is 0 Å². The molecule has 1 fully saturated rings. The van der Waals surface area contributed by atoms with E-state index in [-0.39, 0.29) is 17.7 Å². The van der Waals surface area contributed by atoms with Gasteiger partial charge in [-0.1, -0.05) is 28.1 Å². The number of hydrogen-bond acceptors (Lipinski definition) is 6. The molecule has 142 valence electrons. The van der Waals surface area contributed by atoms with Crippen LogP contribution in [0, 0.1) is 0 Å². The molecule has 2 unspecified atom stereocenters. The number of phenolic OH excluding ortho intramolecular Hbond substituents is 1. The summed E-state index contributed by atoms with van der Waals surface area (Å²) in [6, 6.07) is 12.4. The number of hydrazine groups is 1. The van der Waals surface area contributed by atoms with Gasteiger partial charge in [-0.2, -0.15) is 5.10 Å². The summed E-state index contributed by atoms with van der Waals surface area (Å²) in [4.78, 5) is 12.3. The Kier molecular flexibility index (Phi) is 6.44. The van der Waals surface area contributed by atoms with E-state index in [4.69, 9.17) is 4.74 Å². The van der Waals surface area contributed by atoms with Crippen LogP contribution in [0.5, 0.6) is 11.5 Å². The molecule has 0 radical (unpaired) electrons. The van der Waals surface area contributed by atoms with Crippen molar-refractivity contribution in [2.75, 3.05) is 6.61 Å². The molecule has 1 amide bonds. The molecule has 4 N–H and O–H groups in total. The van der Waals surface area contributed by atoms with Crippen molar-refractivity contribution in [3.05, 3.63) is 58.1 Å². The summed E-state index contributed by atoms with van der Waals surface area (Å²) >= 11 is 3.33. The van der Waals surface area contributed by atoms with Crippen LogP contribution in [0.1, 0.15) is 30.5 Å². The van der Waals surface area contributed by atoms with Gasteiger partial charge in [-0.15, -0.1) is 0 Å². The first kappa shape index (κ1) is 19.3. The summed E-state index contributed by atoms with van der Waals surface area (Å²) in [6.07, 6.45) is 2.00. The van der Waals surface area contributed by atoms with Crippen molar-refractivity contribution in [1.82, 2.24) is 16.3 Å². The van der Waals surface area contributed by atoms with Gasteiger partial charge < -0.3 is 9.84 Å². The predicted molar refractivity (Wildman–Crippen MR) is 107 cm³/mol. The highest BCUT2D eigenvalue weighted by molar-refractivity contribution is 9.10. The fraction of sp³-hybridized carbons (Fsp3) is 0.263. The number of benzene rings is 2. The van der Waals surface area contributed by atoms with Crippen molar-refractivity contribution < 1.29 is 14.6 Å². The topological polar surface area (TPSA) is 95.0 Å². The number of phenols is 1. The highest BCUT2D eigenvalue weighted by atomic mass is 79.9. The first-order valence-corrected chi connectivity index (χ1v) is 9.41. The molecule has 27 heavy (non-hydrogen) atoms. The summed E-state index contributed by atoms with van der Waals surface area (Å²) in [6.45, 7) is 2.57. The van der Waals surface area contributed by atoms with Crippen LogP contribution in [0.3, 0.4) is 0 Å². The van der Waals surface area contributed by atoms with Crippen molar-refractivity contribution in [2.24, 2.45) is 5.10 Å². The number of carbonyl (C=O) groups excluding carboxylic acids is 1. The molecule has 2 aromatic carbocycles. The standard InChI is InChI=1S/C19H21BrN4O3/c1-2-27-15-6-3-12(4-7-15)16-10-17(23-22-16)19(26)24-21-11-13-9-14(20)5-8-18(13)25/h3-9,11,16-17,22-23,25H,2,10H2,1H3,(H,24,26)/b21-11+. The number of halogens is 1. The third-order valence-electron chi connectivity index (χ3n) is 4.18. The molecule has 0 saturated carbocycles. The van der Waals surface area contributed by atoms with Gasteiger partial charge in [0.15, 0.2) is 0 Å². The van der Waals surface area contributed by atoms with E-state index in [9.17, 15) is 9.90 Å². The number of ether oxygens (including phenoxy) is 1. The average Bonchev–Trinajstić information content (AvgIpc) is 3.16. The van der Waals surface area contributed by atoms with Crippen molar-refractivity contribution >= 4 is 28.1 Å². The van der Waals surface area contributed by atoms with E-state index in [1.165, 1.54) is 6.21 Å². The zero-order chi connectivity index (χ0) is 19.2. The minimum Gasteiger partial charge on any atom is -0.507 e. The Bertz CT molecular complexity index is 826. The number of amides is 1. The second kappa shape index (κ2) is 8.98. The second-order valence-corrected chi connectivity index (χ2v) is 6.98. The van der Waals surface area contributed by atoms with E-state index in [2.05, 4.69) is 37.3 Å². The molecular formula is C19H21BrN4O3. The molecular weight excluding hydrogens is 412 g/mol. The average molecular weight is 433 g/mol. The number of nitrogens with one attached hydrogen (secondary N) is 3. The number of carbonyl (C=O) groups is 1. The van der Waals surface area contributed by atoms with E-state index < -0.39 is 6.04 Å². The molecule has 2 atom stereocenters. The molecule has 1 aliphatic rings. The molecule has 8 heteroatoms. The van der Waals surface area contributed by atoms with Crippen LogP contribution < -0.4 is 21.0 Å². The van der Waals surface area contributed by atoms with Crippen LogP contribution in [0.25, 0.3) is 0 Å². The molecule has 0 aliphatic carbocycles. The zero-order valence-electron chi connectivity index (χ0n) is 14.8. The third-order valence-corrected chi connectivity index (χ3v) is 4.67. The van der Waals surface area contributed by atoms with E-state index in [0.29, 0.717) is 18.6 Å².